The number of ether oxygens (including phenoxy) is 2. The molecule has 0 atom stereocenters. The van der Waals surface area contributed by atoms with E-state index >= 15 is 0 Å². The van der Waals surface area contributed by atoms with E-state index in [9.17, 15) is 13.2 Å². The van der Waals surface area contributed by atoms with Gasteiger partial charge in [-0.3, -0.25) is 4.79 Å². The van der Waals surface area contributed by atoms with Crippen LogP contribution in [0.25, 0.3) is 0 Å². The highest BCUT2D eigenvalue weighted by atomic mass is 32.2. The SMILES string of the molecule is Cc1cccc(CNC(=O)COc2ccc(S(=O)(=O)N3CCOCC3)cc2)c1. The van der Waals surface area contributed by atoms with Crippen molar-refractivity contribution in [1.82, 2.24) is 9.62 Å². The van der Waals surface area contributed by atoms with Crippen molar-refractivity contribution in [3.63, 3.8) is 0 Å². The smallest absolute Gasteiger partial charge is 0.258 e. The maximum absolute atomic E-state index is 12.6. The van der Waals surface area contributed by atoms with Crippen LogP contribution in [0.2, 0.25) is 0 Å². The third-order valence-electron chi connectivity index (χ3n) is 4.37. The average Bonchev–Trinajstić information content (AvgIpc) is 2.72. The van der Waals surface area contributed by atoms with Gasteiger partial charge in [0, 0.05) is 19.6 Å². The molecule has 0 saturated carbocycles. The minimum atomic E-state index is -3.53. The molecule has 1 amide bonds. The summed E-state index contributed by atoms with van der Waals surface area (Å²) in [6, 6.07) is 14.0. The number of morpholine rings is 1. The number of benzene rings is 2. The fourth-order valence-electron chi connectivity index (χ4n) is 2.87. The van der Waals surface area contributed by atoms with Crippen molar-refractivity contribution in [2.75, 3.05) is 32.9 Å². The Morgan fingerprint density at radius 2 is 1.86 bits per heavy atom. The molecule has 1 aliphatic heterocycles. The highest BCUT2D eigenvalue weighted by Crippen LogP contribution is 2.20. The molecule has 0 unspecified atom stereocenters. The van der Waals surface area contributed by atoms with Crippen LogP contribution in [0.5, 0.6) is 5.75 Å². The molecule has 8 heteroatoms. The number of carbonyl (C=O) groups is 1. The third kappa shape index (κ3) is 5.31. The van der Waals surface area contributed by atoms with Crippen molar-refractivity contribution in [3.05, 3.63) is 59.7 Å². The van der Waals surface area contributed by atoms with E-state index in [2.05, 4.69) is 5.32 Å². The summed E-state index contributed by atoms with van der Waals surface area (Å²) in [6.45, 7) is 3.79. The summed E-state index contributed by atoms with van der Waals surface area (Å²) in [7, 11) is -3.53. The van der Waals surface area contributed by atoms with E-state index in [1.165, 1.54) is 16.4 Å². The average molecular weight is 404 g/mol. The van der Waals surface area contributed by atoms with Crippen LogP contribution in [-0.2, 0) is 26.1 Å². The first-order valence-electron chi connectivity index (χ1n) is 9.08. The van der Waals surface area contributed by atoms with Gasteiger partial charge in [-0.15, -0.1) is 0 Å². The minimum absolute atomic E-state index is 0.138. The molecule has 7 nitrogen and oxygen atoms in total. The fraction of sp³-hybridized carbons (Fsp3) is 0.350. The van der Waals surface area contributed by atoms with Crippen molar-refractivity contribution in [3.8, 4) is 5.75 Å². The lowest BCUT2D eigenvalue weighted by atomic mass is 10.1. The van der Waals surface area contributed by atoms with Crippen LogP contribution < -0.4 is 10.1 Å². The number of hydrogen-bond acceptors (Lipinski definition) is 5. The van der Waals surface area contributed by atoms with Crippen LogP contribution in [0.3, 0.4) is 0 Å². The number of nitrogens with zero attached hydrogens (tertiary/aromatic N) is 1. The number of carbonyl (C=O) groups excluding carboxylic acids is 1. The van der Waals surface area contributed by atoms with Crippen LogP contribution in [0.4, 0.5) is 0 Å². The first kappa shape index (κ1) is 20.3. The Labute approximate surface area is 165 Å². The van der Waals surface area contributed by atoms with E-state index in [1.807, 2.05) is 31.2 Å². The molecule has 2 aromatic carbocycles. The molecule has 1 aliphatic rings. The summed E-state index contributed by atoms with van der Waals surface area (Å²) in [5, 5.41) is 2.80. The van der Waals surface area contributed by atoms with Gasteiger partial charge in [0.1, 0.15) is 5.75 Å². The second-order valence-electron chi connectivity index (χ2n) is 6.54. The Morgan fingerprint density at radius 1 is 1.14 bits per heavy atom. The van der Waals surface area contributed by atoms with Crippen molar-refractivity contribution in [1.29, 1.82) is 0 Å². The number of sulfonamides is 1. The molecule has 3 rings (SSSR count). The van der Waals surface area contributed by atoms with Gasteiger partial charge >= 0.3 is 0 Å². The van der Waals surface area contributed by atoms with E-state index in [0.29, 0.717) is 38.6 Å². The van der Waals surface area contributed by atoms with E-state index in [1.54, 1.807) is 12.1 Å². The van der Waals surface area contributed by atoms with Gasteiger partial charge in [0.15, 0.2) is 6.61 Å². The Balaban J connectivity index is 1.50. The lowest BCUT2D eigenvalue weighted by Gasteiger charge is -2.26. The van der Waals surface area contributed by atoms with Crippen molar-refractivity contribution in [2.45, 2.75) is 18.4 Å². The zero-order chi connectivity index (χ0) is 20.0. The first-order chi connectivity index (χ1) is 13.4. The van der Waals surface area contributed by atoms with Crippen molar-refractivity contribution < 1.29 is 22.7 Å². The molecular formula is C20H24N2O5S. The summed E-state index contributed by atoms with van der Waals surface area (Å²) in [5.41, 5.74) is 2.15. The monoisotopic (exact) mass is 404 g/mol. The maximum atomic E-state index is 12.6. The molecule has 28 heavy (non-hydrogen) atoms. The molecule has 0 radical (unpaired) electrons. The summed E-state index contributed by atoms with van der Waals surface area (Å²) < 4.78 is 37.2. The predicted molar refractivity (Wildman–Crippen MR) is 105 cm³/mol. The number of nitrogens with one attached hydrogen (secondary N) is 1. The molecule has 150 valence electrons. The standard InChI is InChI=1S/C20H24N2O5S/c1-16-3-2-4-17(13-16)14-21-20(23)15-27-18-5-7-19(8-6-18)28(24,25)22-9-11-26-12-10-22/h2-8,13H,9-12,14-15H2,1H3,(H,21,23). The maximum Gasteiger partial charge on any atom is 0.258 e. The molecular weight excluding hydrogens is 380 g/mol. The Hall–Kier alpha value is -2.42. The zero-order valence-corrected chi connectivity index (χ0v) is 16.6. The molecule has 1 fully saturated rings. The lowest BCUT2D eigenvalue weighted by Crippen LogP contribution is -2.40. The van der Waals surface area contributed by atoms with Crippen molar-refractivity contribution >= 4 is 15.9 Å². The summed E-state index contributed by atoms with van der Waals surface area (Å²) in [5.74, 6) is 0.193. The summed E-state index contributed by atoms with van der Waals surface area (Å²) in [4.78, 5) is 12.2. The molecule has 0 aromatic heterocycles. The first-order valence-corrected chi connectivity index (χ1v) is 10.5. The quantitative estimate of drug-likeness (QED) is 0.759. The van der Waals surface area contributed by atoms with Gasteiger partial charge in [-0.1, -0.05) is 29.8 Å². The van der Waals surface area contributed by atoms with Gasteiger partial charge < -0.3 is 14.8 Å². The van der Waals surface area contributed by atoms with Gasteiger partial charge in [-0.25, -0.2) is 8.42 Å². The predicted octanol–water partition coefficient (Wildman–Crippen LogP) is 1.71. The Morgan fingerprint density at radius 3 is 2.54 bits per heavy atom. The number of amides is 1. The number of aryl methyl sites for hydroxylation is 1. The van der Waals surface area contributed by atoms with Crippen molar-refractivity contribution in [2.24, 2.45) is 0 Å². The third-order valence-corrected chi connectivity index (χ3v) is 6.29. The largest absolute Gasteiger partial charge is 0.484 e. The Kier molecular flexibility index (Phi) is 6.66. The molecule has 0 spiro atoms. The zero-order valence-electron chi connectivity index (χ0n) is 15.8. The molecule has 0 aliphatic carbocycles. The molecule has 2 aromatic rings. The second-order valence-corrected chi connectivity index (χ2v) is 8.48. The van der Waals surface area contributed by atoms with Crippen LogP contribution in [-0.4, -0.2) is 51.5 Å². The van der Waals surface area contributed by atoms with Crippen LogP contribution in [0.15, 0.2) is 53.4 Å². The number of hydrogen-bond donors (Lipinski definition) is 1. The minimum Gasteiger partial charge on any atom is -0.484 e. The molecule has 0 bridgehead atoms. The summed E-state index contributed by atoms with van der Waals surface area (Å²) in [6.07, 6.45) is 0. The van der Waals surface area contributed by atoms with Gasteiger partial charge in [0.05, 0.1) is 18.1 Å². The van der Waals surface area contributed by atoms with Gasteiger partial charge in [-0.05, 0) is 36.8 Å². The topological polar surface area (TPSA) is 84.9 Å². The highest BCUT2D eigenvalue weighted by Gasteiger charge is 2.26. The Bertz CT molecular complexity index is 906. The second kappa shape index (κ2) is 9.18. The normalized spacial score (nSPS) is 15.2. The lowest BCUT2D eigenvalue weighted by molar-refractivity contribution is -0.123. The van der Waals surface area contributed by atoms with E-state index in [0.717, 1.165) is 11.1 Å². The van der Waals surface area contributed by atoms with Gasteiger partial charge in [0.25, 0.3) is 5.91 Å². The highest BCUT2D eigenvalue weighted by molar-refractivity contribution is 7.89. The molecule has 1 heterocycles. The van der Waals surface area contributed by atoms with Crippen LogP contribution >= 0.6 is 0 Å². The van der Waals surface area contributed by atoms with E-state index < -0.39 is 10.0 Å². The molecule has 1 saturated heterocycles. The van der Waals surface area contributed by atoms with Crippen LogP contribution in [0, 0.1) is 6.92 Å². The van der Waals surface area contributed by atoms with Gasteiger partial charge in [-0.2, -0.15) is 4.31 Å². The fourth-order valence-corrected chi connectivity index (χ4v) is 4.27. The number of rotatable bonds is 7. The summed E-state index contributed by atoms with van der Waals surface area (Å²) >= 11 is 0. The van der Waals surface area contributed by atoms with E-state index in [-0.39, 0.29) is 17.4 Å². The van der Waals surface area contributed by atoms with E-state index in [4.69, 9.17) is 9.47 Å². The van der Waals surface area contributed by atoms with Gasteiger partial charge in [0.2, 0.25) is 10.0 Å². The van der Waals surface area contributed by atoms with Crippen LogP contribution in [0.1, 0.15) is 11.1 Å². The molecule has 1 N–H and O–H groups in total.